The summed E-state index contributed by atoms with van der Waals surface area (Å²) >= 11 is 1.93. The predicted molar refractivity (Wildman–Crippen MR) is 72.1 cm³/mol. The van der Waals surface area contributed by atoms with Crippen LogP contribution in [0.1, 0.15) is 26.2 Å². The largest absolute Gasteiger partial charge is 0.356 e. The van der Waals surface area contributed by atoms with Crippen LogP contribution in [0.2, 0.25) is 0 Å². The van der Waals surface area contributed by atoms with Crippen molar-refractivity contribution in [3.05, 3.63) is 0 Å². The fraction of sp³-hybridized carbons (Fsp3) is 0.636. The van der Waals surface area contributed by atoms with Gasteiger partial charge < -0.3 is 5.32 Å². The SMILES string of the molecule is CC(=O)CCNC(=O)CCN1C(=O)CC(I)C1=O. The van der Waals surface area contributed by atoms with E-state index in [1.807, 2.05) is 22.6 Å². The summed E-state index contributed by atoms with van der Waals surface area (Å²) in [4.78, 5) is 46.2. The summed E-state index contributed by atoms with van der Waals surface area (Å²) in [6.45, 7) is 1.86. The standard InChI is InChI=1S/C11H15IN2O4/c1-7(15)2-4-13-9(16)3-5-14-10(17)6-8(12)11(14)18/h8H,2-6H2,1H3,(H,13,16). The molecule has 0 radical (unpaired) electrons. The number of imide groups is 1. The first-order chi connectivity index (χ1) is 8.41. The Kier molecular flexibility index (Phi) is 5.70. The highest BCUT2D eigenvalue weighted by atomic mass is 127. The molecule has 3 amide bonds. The van der Waals surface area contributed by atoms with E-state index in [1.165, 1.54) is 6.92 Å². The lowest BCUT2D eigenvalue weighted by Crippen LogP contribution is -2.35. The topological polar surface area (TPSA) is 83.6 Å². The number of hydrogen-bond donors (Lipinski definition) is 1. The van der Waals surface area contributed by atoms with Gasteiger partial charge in [-0.15, -0.1) is 0 Å². The van der Waals surface area contributed by atoms with Gasteiger partial charge in [0.15, 0.2) is 0 Å². The van der Waals surface area contributed by atoms with E-state index in [-0.39, 0.29) is 46.8 Å². The van der Waals surface area contributed by atoms with Gasteiger partial charge >= 0.3 is 0 Å². The summed E-state index contributed by atoms with van der Waals surface area (Å²) in [6.07, 6.45) is 0.591. The molecule has 0 spiro atoms. The Balaban J connectivity index is 2.28. The second kappa shape index (κ2) is 6.81. The lowest BCUT2D eigenvalue weighted by Gasteiger charge is -2.13. The van der Waals surface area contributed by atoms with Gasteiger partial charge in [0.05, 0.1) is 3.92 Å². The summed E-state index contributed by atoms with van der Waals surface area (Å²) in [6, 6.07) is 0. The second-order valence-electron chi connectivity index (χ2n) is 4.11. The molecule has 0 aliphatic carbocycles. The van der Waals surface area contributed by atoms with Crippen molar-refractivity contribution in [1.29, 1.82) is 0 Å². The van der Waals surface area contributed by atoms with Crippen LogP contribution in [0.25, 0.3) is 0 Å². The maximum absolute atomic E-state index is 11.6. The van der Waals surface area contributed by atoms with Gasteiger partial charge in [-0.2, -0.15) is 0 Å². The highest BCUT2D eigenvalue weighted by Gasteiger charge is 2.36. The molecule has 1 fully saturated rings. The zero-order valence-corrected chi connectivity index (χ0v) is 12.2. The van der Waals surface area contributed by atoms with E-state index in [4.69, 9.17) is 0 Å². The summed E-state index contributed by atoms with van der Waals surface area (Å²) in [7, 11) is 0. The third-order valence-electron chi connectivity index (χ3n) is 2.55. The van der Waals surface area contributed by atoms with Crippen molar-refractivity contribution < 1.29 is 19.2 Å². The molecule has 1 heterocycles. The van der Waals surface area contributed by atoms with Crippen molar-refractivity contribution in [3.63, 3.8) is 0 Å². The molecule has 7 heteroatoms. The van der Waals surface area contributed by atoms with Crippen molar-refractivity contribution in [2.75, 3.05) is 13.1 Å². The molecule has 0 aromatic carbocycles. The molecule has 1 atom stereocenters. The normalized spacial score (nSPS) is 19.2. The number of hydrogen-bond acceptors (Lipinski definition) is 4. The molecular weight excluding hydrogens is 351 g/mol. The minimum atomic E-state index is -0.309. The van der Waals surface area contributed by atoms with Gasteiger partial charge in [0.2, 0.25) is 17.7 Å². The summed E-state index contributed by atoms with van der Waals surface area (Å²) in [5, 5.41) is 2.57. The number of nitrogens with zero attached hydrogens (tertiary/aromatic N) is 1. The smallest absolute Gasteiger partial charge is 0.242 e. The lowest BCUT2D eigenvalue weighted by atomic mass is 10.3. The molecule has 6 nitrogen and oxygen atoms in total. The number of Topliss-reactive ketones (excluding diaryl/α,β-unsaturated/α-hetero) is 1. The average molecular weight is 366 g/mol. The van der Waals surface area contributed by atoms with E-state index >= 15 is 0 Å². The summed E-state index contributed by atoms with van der Waals surface area (Å²) in [5.74, 6) is -0.699. The number of carbonyl (C=O) groups excluding carboxylic acids is 4. The van der Waals surface area contributed by atoms with Crippen LogP contribution in [0.5, 0.6) is 0 Å². The fourth-order valence-electron chi connectivity index (χ4n) is 1.56. The Morgan fingerprint density at radius 3 is 2.56 bits per heavy atom. The zero-order chi connectivity index (χ0) is 13.7. The maximum atomic E-state index is 11.6. The molecule has 1 aliphatic rings. The Hall–Kier alpha value is -0.990. The zero-order valence-electron chi connectivity index (χ0n) is 10.1. The number of nitrogens with one attached hydrogen (secondary N) is 1. The molecular formula is C11H15IN2O4. The van der Waals surface area contributed by atoms with Crippen molar-refractivity contribution in [2.24, 2.45) is 0 Å². The molecule has 100 valence electrons. The van der Waals surface area contributed by atoms with Crippen LogP contribution in [-0.2, 0) is 19.2 Å². The number of amides is 3. The van der Waals surface area contributed by atoms with Crippen LogP contribution in [0, 0.1) is 0 Å². The molecule has 1 aliphatic heterocycles. The molecule has 1 saturated heterocycles. The van der Waals surface area contributed by atoms with Gasteiger partial charge in [0.1, 0.15) is 5.78 Å². The number of rotatable bonds is 6. The number of carbonyl (C=O) groups is 4. The van der Waals surface area contributed by atoms with Crippen LogP contribution in [0.3, 0.4) is 0 Å². The van der Waals surface area contributed by atoms with E-state index in [9.17, 15) is 19.2 Å². The van der Waals surface area contributed by atoms with Crippen LogP contribution in [0.15, 0.2) is 0 Å². The third-order valence-corrected chi connectivity index (χ3v) is 3.52. The minimum Gasteiger partial charge on any atom is -0.356 e. The van der Waals surface area contributed by atoms with Crippen molar-refractivity contribution >= 4 is 46.1 Å². The molecule has 0 aromatic rings. The number of likely N-dealkylation sites (tertiary alicyclic amines) is 1. The Bertz CT molecular complexity index is 383. The van der Waals surface area contributed by atoms with Crippen LogP contribution >= 0.6 is 22.6 Å². The van der Waals surface area contributed by atoms with Crippen LogP contribution in [-0.4, -0.2) is 45.4 Å². The average Bonchev–Trinajstić information content (AvgIpc) is 2.50. The molecule has 1 rings (SSSR count). The van der Waals surface area contributed by atoms with Crippen LogP contribution < -0.4 is 5.32 Å². The van der Waals surface area contributed by atoms with E-state index in [0.717, 1.165) is 4.90 Å². The lowest BCUT2D eigenvalue weighted by molar-refractivity contribution is -0.138. The second-order valence-corrected chi connectivity index (χ2v) is 5.61. The Labute approximate surface area is 119 Å². The van der Waals surface area contributed by atoms with Gasteiger partial charge in [-0.25, -0.2) is 0 Å². The molecule has 1 unspecified atom stereocenters. The maximum Gasteiger partial charge on any atom is 0.242 e. The molecule has 0 bridgehead atoms. The first-order valence-corrected chi connectivity index (χ1v) is 6.90. The minimum absolute atomic E-state index is 0.00736. The van der Waals surface area contributed by atoms with Crippen molar-refractivity contribution in [1.82, 2.24) is 10.2 Å². The van der Waals surface area contributed by atoms with E-state index in [2.05, 4.69) is 5.32 Å². The van der Waals surface area contributed by atoms with E-state index in [1.54, 1.807) is 0 Å². The summed E-state index contributed by atoms with van der Waals surface area (Å²) in [5.41, 5.74) is 0. The Morgan fingerprint density at radius 2 is 2.06 bits per heavy atom. The first kappa shape index (κ1) is 15.1. The molecule has 18 heavy (non-hydrogen) atoms. The highest BCUT2D eigenvalue weighted by molar-refractivity contribution is 14.1. The van der Waals surface area contributed by atoms with Crippen molar-refractivity contribution in [2.45, 2.75) is 30.1 Å². The van der Waals surface area contributed by atoms with Gasteiger partial charge in [-0.05, 0) is 6.92 Å². The monoisotopic (exact) mass is 366 g/mol. The van der Waals surface area contributed by atoms with Gasteiger partial charge in [0.25, 0.3) is 0 Å². The highest BCUT2D eigenvalue weighted by Crippen LogP contribution is 2.20. The first-order valence-electron chi connectivity index (χ1n) is 5.66. The summed E-state index contributed by atoms with van der Waals surface area (Å²) < 4.78 is -0.309. The van der Waals surface area contributed by atoms with E-state index in [0.29, 0.717) is 13.0 Å². The van der Waals surface area contributed by atoms with Gasteiger partial charge in [0, 0.05) is 32.4 Å². The number of alkyl halides is 1. The van der Waals surface area contributed by atoms with Gasteiger partial charge in [-0.1, -0.05) is 22.6 Å². The fourth-order valence-corrected chi connectivity index (χ4v) is 2.27. The molecule has 0 aromatic heterocycles. The molecule has 0 saturated carbocycles. The van der Waals surface area contributed by atoms with Crippen LogP contribution in [0.4, 0.5) is 0 Å². The van der Waals surface area contributed by atoms with E-state index < -0.39 is 0 Å². The molecule has 1 N–H and O–H groups in total. The van der Waals surface area contributed by atoms with Crippen molar-refractivity contribution in [3.8, 4) is 0 Å². The number of halogens is 1. The number of ketones is 1. The Morgan fingerprint density at radius 1 is 1.39 bits per heavy atom. The van der Waals surface area contributed by atoms with Gasteiger partial charge in [-0.3, -0.25) is 24.1 Å². The third kappa shape index (κ3) is 4.35. The quantitative estimate of drug-likeness (QED) is 0.409. The predicted octanol–water partition coefficient (Wildman–Crippen LogP) is 0.0343.